The predicted octanol–water partition coefficient (Wildman–Crippen LogP) is 3.70. The van der Waals surface area contributed by atoms with Gasteiger partial charge in [0.1, 0.15) is 11.3 Å². The number of para-hydroxylation sites is 1. The molecule has 2 aromatic carbocycles. The Balaban J connectivity index is 1.43. The number of aromatic hydroxyl groups is 1. The zero-order valence-corrected chi connectivity index (χ0v) is 23.0. The van der Waals surface area contributed by atoms with Crippen LogP contribution in [0.2, 0.25) is 0 Å². The van der Waals surface area contributed by atoms with Gasteiger partial charge in [0.15, 0.2) is 5.82 Å². The molecule has 10 nitrogen and oxygen atoms in total. The number of pyridine rings is 1. The highest BCUT2D eigenvalue weighted by atomic mass is 16.5. The number of nitrogens with zero attached hydrogens (tertiary/aromatic N) is 3. The summed E-state index contributed by atoms with van der Waals surface area (Å²) in [6, 6.07) is 14.2. The lowest BCUT2D eigenvalue weighted by molar-refractivity contribution is -0.123. The summed E-state index contributed by atoms with van der Waals surface area (Å²) in [5, 5.41) is 13.3. The highest BCUT2D eigenvalue weighted by molar-refractivity contribution is 6.06. The van der Waals surface area contributed by atoms with Crippen LogP contribution in [-0.4, -0.2) is 57.0 Å². The molecule has 0 aliphatic heterocycles. The minimum atomic E-state index is -0.731. The first-order valence-corrected chi connectivity index (χ1v) is 13.2. The summed E-state index contributed by atoms with van der Waals surface area (Å²) in [5.41, 5.74) is 15.0. The Labute approximate surface area is 228 Å². The van der Waals surface area contributed by atoms with E-state index < -0.39 is 11.6 Å². The van der Waals surface area contributed by atoms with Crippen LogP contribution in [0, 0.1) is 0 Å². The molecule has 0 spiro atoms. The maximum Gasteiger partial charge on any atom is 0.297 e. The second-order valence-corrected chi connectivity index (χ2v) is 10.3. The first-order chi connectivity index (χ1) is 18.6. The van der Waals surface area contributed by atoms with Gasteiger partial charge >= 0.3 is 0 Å². The zero-order chi connectivity index (χ0) is 28.2. The van der Waals surface area contributed by atoms with Gasteiger partial charge in [-0.05, 0) is 44.0 Å². The van der Waals surface area contributed by atoms with E-state index in [1.807, 2.05) is 56.5 Å². The first-order valence-electron chi connectivity index (χ1n) is 13.2. The molecule has 2 atom stereocenters. The molecule has 6 N–H and O–H groups in total. The Morgan fingerprint density at radius 3 is 2.56 bits per heavy atom. The number of benzene rings is 2. The standard InChI is InChI=1S/C29H38N6O4/c1-5-15-38-28-34-24-25(21-8-6-7-9-22(21)33-26(24)31)35(28)17-29(3,4)39-16-14-32-27(37)23(30)18(2)19-10-12-20(36)13-11-19/h6-13,18,23,36H,5,14-17,30H2,1-4H3,(H2,31,33)(H,32,37). The average Bonchev–Trinajstić information content (AvgIpc) is 3.27. The number of imidazole rings is 1. The molecule has 2 aromatic heterocycles. The maximum absolute atomic E-state index is 12.7. The van der Waals surface area contributed by atoms with Crippen molar-refractivity contribution in [1.82, 2.24) is 19.9 Å². The number of ether oxygens (including phenoxy) is 2. The van der Waals surface area contributed by atoms with E-state index in [1.54, 1.807) is 24.3 Å². The molecule has 2 unspecified atom stereocenters. The molecule has 10 heteroatoms. The molecule has 0 fully saturated rings. The number of aromatic nitrogens is 3. The van der Waals surface area contributed by atoms with Crippen LogP contribution in [0.25, 0.3) is 21.9 Å². The summed E-state index contributed by atoms with van der Waals surface area (Å²) in [5.74, 6) is 0.0472. The quantitative estimate of drug-likeness (QED) is 0.201. The number of hydrogen-bond donors (Lipinski definition) is 4. The van der Waals surface area contributed by atoms with E-state index in [0.717, 1.165) is 28.4 Å². The number of nitrogen functional groups attached to an aromatic ring is 1. The third-order valence-electron chi connectivity index (χ3n) is 6.70. The van der Waals surface area contributed by atoms with Crippen molar-refractivity contribution in [3.05, 3.63) is 54.1 Å². The molecular weight excluding hydrogens is 496 g/mol. The number of amides is 1. The molecule has 208 valence electrons. The van der Waals surface area contributed by atoms with Gasteiger partial charge in [-0.15, -0.1) is 0 Å². The molecule has 39 heavy (non-hydrogen) atoms. The molecule has 4 aromatic rings. The van der Waals surface area contributed by atoms with Crippen LogP contribution in [0.4, 0.5) is 5.82 Å². The minimum Gasteiger partial charge on any atom is -0.508 e. The van der Waals surface area contributed by atoms with Crippen molar-refractivity contribution in [2.45, 2.75) is 58.2 Å². The Morgan fingerprint density at radius 2 is 1.85 bits per heavy atom. The summed E-state index contributed by atoms with van der Waals surface area (Å²) in [6.45, 7) is 9.45. The summed E-state index contributed by atoms with van der Waals surface area (Å²) >= 11 is 0. The predicted molar refractivity (Wildman–Crippen MR) is 153 cm³/mol. The number of nitrogens with two attached hydrogens (primary N) is 2. The van der Waals surface area contributed by atoms with Crippen molar-refractivity contribution in [1.29, 1.82) is 0 Å². The maximum atomic E-state index is 12.7. The van der Waals surface area contributed by atoms with E-state index in [2.05, 4.69) is 15.3 Å². The lowest BCUT2D eigenvalue weighted by Gasteiger charge is -2.27. The van der Waals surface area contributed by atoms with E-state index >= 15 is 0 Å². The van der Waals surface area contributed by atoms with Gasteiger partial charge in [-0.1, -0.05) is 44.2 Å². The van der Waals surface area contributed by atoms with Crippen LogP contribution >= 0.6 is 0 Å². The molecule has 0 aliphatic carbocycles. The number of carbonyl (C=O) groups is 1. The normalized spacial score (nSPS) is 13.5. The molecule has 0 saturated carbocycles. The van der Waals surface area contributed by atoms with Crippen molar-refractivity contribution in [3.8, 4) is 11.8 Å². The smallest absolute Gasteiger partial charge is 0.297 e. The van der Waals surface area contributed by atoms with Crippen LogP contribution in [-0.2, 0) is 16.1 Å². The number of anilines is 1. The van der Waals surface area contributed by atoms with Gasteiger partial charge in [0, 0.05) is 17.8 Å². The van der Waals surface area contributed by atoms with Crippen LogP contribution in [0.1, 0.15) is 45.6 Å². The molecule has 0 aliphatic rings. The molecule has 0 saturated heterocycles. The molecule has 2 heterocycles. The van der Waals surface area contributed by atoms with Crippen molar-refractivity contribution in [3.63, 3.8) is 0 Å². The van der Waals surface area contributed by atoms with E-state index in [0.29, 0.717) is 43.6 Å². The van der Waals surface area contributed by atoms with Gasteiger partial charge in [-0.2, -0.15) is 4.98 Å². The summed E-state index contributed by atoms with van der Waals surface area (Å²) in [7, 11) is 0. The third-order valence-corrected chi connectivity index (χ3v) is 6.70. The summed E-state index contributed by atoms with van der Waals surface area (Å²) < 4.78 is 14.2. The van der Waals surface area contributed by atoms with Gasteiger partial charge in [0.05, 0.1) is 42.4 Å². The number of carbonyl (C=O) groups excluding carboxylic acids is 1. The molecule has 4 rings (SSSR count). The van der Waals surface area contributed by atoms with Gasteiger partial charge in [0.25, 0.3) is 6.01 Å². The van der Waals surface area contributed by atoms with Gasteiger partial charge in [-0.3, -0.25) is 9.36 Å². The number of phenolic OH excluding ortho intramolecular Hbond substituents is 1. The Morgan fingerprint density at radius 1 is 1.13 bits per heavy atom. The minimum absolute atomic E-state index is 0.171. The fraction of sp³-hybridized carbons (Fsp3) is 0.414. The third kappa shape index (κ3) is 6.40. The number of hydrogen-bond acceptors (Lipinski definition) is 8. The van der Waals surface area contributed by atoms with Crippen molar-refractivity contribution in [2.75, 3.05) is 25.5 Å². The van der Waals surface area contributed by atoms with Crippen LogP contribution < -0.4 is 21.5 Å². The SMILES string of the molecule is CCCOc1nc2c(N)nc3ccccc3c2n1CC(C)(C)OCCNC(=O)C(N)C(C)c1ccc(O)cc1. The van der Waals surface area contributed by atoms with Gasteiger partial charge < -0.3 is 31.4 Å². The van der Waals surface area contributed by atoms with Crippen LogP contribution in [0.3, 0.4) is 0 Å². The van der Waals surface area contributed by atoms with Crippen LogP contribution in [0.5, 0.6) is 11.8 Å². The van der Waals surface area contributed by atoms with Gasteiger partial charge in [0.2, 0.25) is 5.91 Å². The van der Waals surface area contributed by atoms with E-state index in [4.69, 9.17) is 20.9 Å². The molecular formula is C29H38N6O4. The number of rotatable bonds is 12. The van der Waals surface area contributed by atoms with Crippen molar-refractivity contribution in [2.24, 2.45) is 5.73 Å². The Kier molecular flexibility index (Phi) is 8.57. The van der Waals surface area contributed by atoms with Crippen molar-refractivity contribution < 1.29 is 19.4 Å². The van der Waals surface area contributed by atoms with E-state index in [9.17, 15) is 9.90 Å². The molecule has 0 bridgehead atoms. The monoisotopic (exact) mass is 534 g/mol. The largest absolute Gasteiger partial charge is 0.508 e. The fourth-order valence-corrected chi connectivity index (χ4v) is 4.55. The Bertz CT molecular complexity index is 1430. The molecule has 0 radical (unpaired) electrons. The lowest BCUT2D eigenvalue weighted by Crippen LogP contribution is -2.45. The highest BCUT2D eigenvalue weighted by Crippen LogP contribution is 2.33. The van der Waals surface area contributed by atoms with Gasteiger partial charge in [-0.25, -0.2) is 4.98 Å². The summed E-state index contributed by atoms with van der Waals surface area (Å²) in [4.78, 5) is 21.9. The summed E-state index contributed by atoms with van der Waals surface area (Å²) in [6.07, 6.45) is 0.838. The Hall–Kier alpha value is -3.89. The van der Waals surface area contributed by atoms with E-state index in [1.165, 1.54) is 0 Å². The number of nitrogens with one attached hydrogen (secondary N) is 1. The topological polar surface area (TPSA) is 151 Å². The fourth-order valence-electron chi connectivity index (χ4n) is 4.55. The highest BCUT2D eigenvalue weighted by Gasteiger charge is 2.26. The lowest BCUT2D eigenvalue weighted by atomic mass is 9.93. The number of phenols is 1. The average molecular weight is 535 g/mol. The molecule has 1 amide bonds. The first kappa shape index (κ1) is 28.1. The second kappa shape index (κ2) is 11.9. The van der Waals surface area contributed by atoms with Crippen molar-refractivity contribution >= 4 is 33.7 Å². The zero-order valence-electron chi connectivity index (χ0n) is 23.0. The van der Waals surface area contributed by atoms with E-state index in [-0.39, 0.29) is 17.6 Å². The second-order valence-electron chi connectivity index (χ2n) is 10.3. The number of fused-ring (bicyclic) bond motifs is 3. The van der Waals surface area contributed by atoms with Crippen LogP contribution in [0.15, 0.2) is 48.5 Å².